The summed E-state index contributed by atoms with van der Waals surface area (Å²) in [7, 11) is 3.62. The first-order valence-corrected chi connectivity index (χ1v) is 5.05. The quantitative estimate of drug-likeness (QED) is 0.531. The zero-order valence-electron chi connectivity index (χ0n) is 9.12. The molecule has 0 radical (unpaired) electrons. The SMILES string of the molecule is CN=C(N)N(C)c1ccc2c(c1)CCN2. The van der Waals surface area contributed by atoms with Crippen molar-refractivity contribution in [1.29, 1.82) is 0 Å². The molecule has 15 heavy (non-hydrogen) atoms. The molecule has 0 unspecified atom stereocenters. The summed E-state index contributed by atoms with van der Waals surface area (Å²) >= 11 is 0. The average molecular weight is 204 g/mol. The minimum atomic E-state index is 0.529. The number of nitrogens with zero attached hydrogens (tertiary/aromatic N) is 2. The van der Waals surface area contributed by atoms with Gasteiger partial charge in [-0.2, -0.15) is 0 Å². The van der Waals surface area contributed by atoms with Crippen molar-refractivity contribution in [3.05, 3.63) is 23.8 Å². The monoisotopic (exact) mass is 204 g/mol. The number of hydrogen-bond acceptors (Lipinski definition) is 2. The maximum Gasteiger partial charge on any atom is 0.195 e. The van der Waals surface area contributed by atoms with Crippen LogP contribution in [0.2, 0.25) is 0 Å². The highest BCUT2D eigenvalue weighted by atomic mass is 15.2. The zero-order valence-corrected chi connectivity index (χ0v) is 9.12. The van der Waals surface area contributed by atoms with E-state index in [4.69, 9.17) is 5.73 Å². The minimum Gasteiger partial charge on any atom is -0.384 e. The molecule has 80 valence electrons. The van der Waals surface area contributed by atoms with E-state index in [1.54, 1.807) is 7.05 Å². The van der Waals surface area contributed by atoms with E-state index < -0.39 is 0 Å². The van der Waals surface area contributed by atoms with E-state index >= 15 is 0 Å². The van der Waals surface area contributed by atoms with Gasteiger partial charge >= 0.3 is 0 Å². The Labute approximate surface area is 89.8 Å². The Balaban J connectivity index is 2.30. The summed E-state index contributed by atoms with van der Waals surface area (Å²) < 4.78 is 0. The maximum absolute atomic E-state index is 5.75. The van der Waals surface area contributed by atoms with Crippen LogP contribution in [0, 0.1) is 0 Å². The molecule has 1 heterocycles. The van der Waals surface area contributed by atoms with Crippen molar-refractivity contribution in [2.24, 2.45) is 10.7 Å². The predicted molar refractivity (Wildman–Crippen MR) is 64.6 cm³/mol. The van der Waals surface area contributed by atoms with Crippen molar-refractivity contribution in [3.63, 3.8) is 0 Å². The fourth-order valence-electron chi connectivity index (χ4n) is 1.78. The Morgan fingerprint density at radius 3 is 3.07 bits per heavy atom. The van der Waals surface area contributed by atoms with Crippen molar-refractivity contribution in [2.45, 2.75) is 6.42 Å². The number of hydrogen-bond donors (Lipinski definition) is 2. The minimum absolute atomic E-state index is 0.529. The molecule has 0 aromatic heterocycles. The van der Waals surface area contributed by atoms with Gasteiger partial charge in [0.2, 0.25) is 0 Å². The molecule has 0 saturated heterocycles. The average Bonchev–Trinajstić information content (AvgIpc) is 2.73. The summed E-state index contributed by atoms with van der Waals surface area (Å²) in [5.74, 6) is 0.529. The first-order chi connectivity index (χ1) is 7.22. The Kier molecular flexibility index (Phi) is 2.49. The van der Waals surface area contributed by atoms with Crippen molar-refractivity contribution in [1.82, 2.24) is 0 Å². The van der Waals surface area contributed by atoms with Crippen LogP contribution in [-0.2, 0) is 6.42 Å². The van der Waals surface area contributed by atoms with Gasteiger partial charge in [0, 0.05) is 32.0 Å². The van der Waals surface area contributed by atoms with Gasteiger partial charge in [-0.1, -0.05) is 0 Å². The van der Waals surface area contributed by atoms with E-state index in [0.29, 0.717) is 5.96 Å². The van der Waals surface area contributed by atoms with Gasteiger partial charge in [-0.05, 0) is 30.2 Å². The fraction of sp³-hybridized carbons (Fsp3) is 0.364. The van der Waals surface area contributed by atoms with Crippen LogP contribution >= 0.6 is 0 Å². The Morgan fingerprint density at radius 1 is 1.53 bits per heavy atom. The first kappa shape index (κ1) is 9.83. The summed E-state index contributed by atoms with van der Waals surface area (Å²) in [6.07, 6.45) is 1.08. The lowest BCUT2D eigenvalue weighted by Crippen LogP contribution is -2.33. The molecule has 0 atom stereocenters. The van der Waals surface area contributed by atoms with Gasteiger partial charge in [0.25, 0.3) is 0 Å². The summed E-state index contributed by atoms with van der Waals surface area (Å²) in [5, 5.41) is 3.33. The third-order valence-electron chi connectivity index (χ3n) is 2.76. The Hall–Kier alpha value is -1.71. The number of nitrogens with one attached hydrogen (secondary N) is 1. The second-order valence-electron chi connectivity index (χ2n) is 3.66. The molecule has 3 N–H and O–H groups in total. The highest BCUT2D eigenvalue weighted by Crippen LogP contribution is 2.26. The fourth-order valence-corrected chi connectivity index (χ4v) is 1.78. The molecule has 0 saturated carbocycles. The van der Waals surface area contributed by atoms with Crippen LogP contribution in [0.1, 0.15) is 5.56 Å². The van der Waals surface area contributed by atoms with E-state index in [-0.39, 0.29) is 0 Å². The van der Waals surface area contributed by atoms with E-state index in [0.717, 1.165) is 18.7 Å². The topological polar surface area (TPSA) is 53.6 Å². The van der Waals surface area contributed by atoms with Crippen LogP contribution < -0.4 is 16.0 Å². The molecule has 0 spiro atoms. The molecular weight excluding hydrogens is 188 g/mol. The standard InChI is InChI=1S/C11H16N4/c1-13-11(12)15(2)9-3-4-10-8(7-9)5-6-14-10/h3-4,7,14H,5-6H2,1-2H3,(H2,12,13). The second kappa shape index (κ2) is 3.81. The van der Waals surface area contributed by atoms with Crippen LogP contribution in [0.3, 0.4) is 0 Å². The number of anilines is 2. The summed E-state index contributed by atoms with van der Waals surface area (Å²) in [4.78, 5) is 5.85. The van der Waals surface area contributed by atoms with Gasteiger partial charge in [0.15, 0.2) is 5.96 Å². The summed E-state index contributed by atoms with van der Waals surface area (Å²) in [5.41, 5.74) is 9.42. The molecule has 0 amide bonds. The van der Waals surface area contributed by atoms with E-state index in [1.807, 2.05) is 11.9 Å². The van der Waals surface area contributed by atoms with Crippen molar-refractivity contribution < 1.29 is 0 Å². The van der Waals surface area contributed by atoms with Crippen LogP contribution in [0.5, 0.6) is 0 Å². The van der Waals surface area contributed by atoms with E-state index in [1.165, 1.54) is 11.3 Å². The number of aliphatic imine (C=N–C) groups is 1. The maximum atomic E-state index is 5.75. The van der Waals surface area contributed by atoms with Gasteiger partial charge in [-0.15, -0.1) is 0 Å². The van der Waals surface area contributed by atoms with Gasteiger partial charge in [-0.25, -0.2) is 0 Å². The number of guanidine groups is 1. The van der Waals surface area contributed by atoms with E-state index in [9.17, 15) is 0 Å². The summed E-state index contributed by atoms with van der Waals surface area (Å²) in [6.45, 7) is 1.03. The van der Waals surface area contributed by atoms with Crippen LogP contribution in [0.15, 0.2) is 23.2 Å². The molecule has 0 fully saturated rings. The first-order valence-electron chi connectivity index (χ1n) is 5.05. The van der Waals surface area contributed by atoms with E-state index in [2.05, 4.69) is 28.5 Å². The molecular formula is C11H16N4. The van der Waals surface area contributed by atoms with Crippen LogP contribution in [0.4, 0.5) is 11.4 Å². The number of rotatable bonds is 1. The van der Waals surface area contributed by atoms with Crippen LogP contribution in [-0.4, -0.2) is 26.6 Å². The Morgan fingerprint density at radius 2 is 2.33 bits per heavy atom. The molecule has 1 aromatic carbocycles. The highest BCUT2D eigenvalue weighted by Gasteiger charge is 2.12. The number of benzene rings is 1. The Bertz CT molecular complexity index is 398. The summed E-state index contributed by atoms with van der Waals surface area (Å²) in [6, 6.07) is 6.31. The largest absolute Gasteiger partial charge is 0.384 e. The molecule has 1 aliphatic heterocycles. The van der Waals surface area contributed by atoms with Gasteiger partial charge < -0.3 is 16.0 Å². The molecule has 0 aliphatic carbocycles. The van der Waals surface area contributed by atoms with Crippen LogP contribution in [0.25, 0.3) is 0 Å². The zero-order chi connectivity index (χ0) is 10.8. The lowest BCUT2D eigenvalue weighted by atomic mass is 10.1. The van der Waals surface area contributed by atoms with Gasteiger partial charge in [0.1, 0.15) is 0 Å². The molecule has 4 heteroatoms. The normalized spacial score (nSPS) is 14.7. The van der Waals surface area contributed by atoms with Gasteiger partial charge in [-0.3, -0.25) is 4.99 Å². The smallest absolute Gasteiger partial charge is 0.195 e. The molecule has 1 aliphatic rings. The molecule has 4 nitrogen and oxygen atoms in total. The second-order valence-corrected chi connectivity index (χ2v) is 3.66. The predicted octanol–water partition coefficient (Wildman–Crippen LogP) is 1.04. The lowest BCUT2D eigenvalue weighted by molar-refractivity contribution is 1.10. The van der Waals surface area contributed by atoms with Crippen molar-refractivity contribution in [3.8, 4) is 0 Å². The third kappa shape index (κ3) is 1.75. The molecule has 0 bridgehead atoms. The van der Waals surface area contributed by atoms with Crippen molar-refractivity contribution in [2.75, 3.05) is 30.9 Å². The van der Waals surface area contributed by atoms with Gasteiger partial charge in [0.05, 0.1) is 0 Å². The number of fused-ring (bicyclic) bond motifs is 1. The molecule has 1 aromatic rings. The molecule has 2 rings (SSSR count). The van der Waals surface area contributed by atoms with Crippen molar-refractivity contribution >= 4 is 17.3 Å². The number of nitrogens with two attached hydrogens (primary N) is 1. The lowest BCUT2D eigenvalue weighted by Gasteiger charge is -2.18. The third-order valence-corrected chi connectivity index (χ3v) is 2.76. The highest BCUT2D eigenvalue weighted by molar-refractivity contribution is 5.94.